The van der Waals surface area contributed by atoms with Crippen LogP contribution in [-0.2, 0) is 11.3 Å². The number of rotatable bonds is 10. The standard InChI is InChI=1S/C18H21Cl2N5O3/c1-10(17(27)28)3-2-6-22-15-14(8-21)24-18(25-16(15)26)23-9-11-4-5-12(19)13(20)7-11/h4-5,7-8,10,21-22H,2-3,6,9H2,1H3,(H,27,28)(H2,23,24,25,26). The Kier molecular flexibility index (Phi) is 7.83. The van der Waals surface area contributed by atoms with E-state index in [4.69, 9.17) is 33.7 Å². The predicted molar refractivity (Wildman–Crippen MR) is 111 cm³/mol. The van der Waals surface area contributed by atoms with Crippen molar-refractivity contribution in [1.82, 2.24) is 9.97 Å². The lowest BCUT2D eigenvalue weighted by molar-refractivity contribution is -0.141. The molecule has 0 saturated heterocycles. The first-order valence-electron chi connectivity index (χ1n) is 8.61. The van der Waals surface area contributed by atoms with Crippen LogP contribution in [0.15, 0.2) is 23.0 Å². The zero-order valence-corrected chi connectivity index (χ0v) is 16.7. The van der Waals surface area contributed by atoms with Crippen LogP contribution in [0.1, 0.15) is 31.0 Å². The van der Waals surface area contributed by atoms with Gasteiger partial charge in [0.15, 0.2) is 0 Å². The summed E-state index contributed by atoms with van der Waals surface area (Å²) >= 11 is 11.9. The van der Waals surface area contributed by atoms with E-state index in [1.54, 1.807) is 25.1 Å². The Labute approximate surface area is 171 Å². The van der Waals surface area contributed by atoms with Crippen LogP contribution >= 0.6 is 23.2 Å². The molecule has 2 rings (SSSR count). The molecule has 0 radical (unpaired) electrons. The number of nitrogens with zero attached hydrogens (tertiary/aromatic N) is 1. The van der Waals surface area contributed by atoms with E-state index >= 15 is 0 Å². The Hall–Kier alpha value is -2.58. The van der Waals surface area contributed by atoms with E-state index < -0.39 is 17.4 Å². The lowest BCUT2D eigenvalue weighted by atomic mass is 10.1. The highest BCUT2D eigenvalue weighted by Gasteiger charge is 2.12. The number of hydrogen-bond donors (Lipinski definition) is 5. The van der Waals surface area contributed by atoms with Gasteiger partial charge in [-0.15, -0.1) is 0 Å². The molecule has 0 fully saturated rings. The normalized spacial score (nSPS) is 11.7. The Morgan fingerprint density at radius 1 is 1.36 bits per heavy atom. The highest BCUT2D eigenvalue weighted by molar-refractivity contribution is 6.42. The van der Waals surface area contributed by atoms with Gasteiger partial charge in [0.1, 0.15) is 11.4 Å². The van der Waals surface area contributed by atoms with Gasteiger partial charge in [0, 0.05) is 19.3 Å². The van der Waals surface area contributed by atoms with Crippen molar-refractivity contribution in [2.24, 2.45) is 5.92 Å². The summed E-state index contributed by atoms with van der Waals surface area (Å²) in [6.07, 6.45) is 2.04. The number of carboxylic acid groups (broad SMARTS) is 1. The Morgan fingerprint density at radius 2 is 2.11 bits per heavy atom. The van der Waals surface area contributed by atoms with Gasteiger partial charge in [-0.05, 0) is 30.5 Å². The number of halogens is 2. The summed E-state index contributed by atoms with van der Waals surface area (Å²) in [6, 6.07) is 5.18. The van der Waals surface area contributed by atoms with Crippen molar-refractivity contribution in [1.29, 1.82) is 5.41 Å². The summed E-state index contributed by atoms with van der Waals surface area (Å²) < 4.78 is 0. The SMILES string of the molecule is CC(CCCNc1c(C=N)nc(NCc2ccc(Cl)c(Cl)c2)[nH]c1=O)C(=O)O. The third-order valence-corrected chi connectivity index (χ3v) is 4.80. The molecule has 150 valence electrons. The Bertz CT molecular complexity index is 917. The third-order valence-electron chi connectivity index (χ3n) is 4.07. The number of H-pyrrole nitrogens is 1. The number of benzene rings is 1. The van der Waals surface area contributed by atoms with Gasteiger partial charge in [-0.2, -0.15) is 0 Å². The van der Waals surface area contributed by atoms with Gasteiger partial charge in [-0.3, -0.25) is 14.6 Å². The second kappa shape index (κ2) is 10.1. The first kappa shape index (κ1) is 21.7. The number of aromatic nitrogens is 2. The lowest BCUT2D eigenvalue weighted by Gasteiger charge is -2.12. The van der Waals surface area contributed by atoms with Gasteiger partial charge in [0.05, 0.1) is 16.0 Å². The number of anilines is 2. The van der Waals surface area contributed by atoms with Crippen LogP contribution in [0.25, 0.3) is 0 Å². The first-order valence-corrected chi connectivity index (χ1v) is 9.36. The maximum atomic E-state index is 12.3. The second-order valence-electron chi connectivity index (χ2n) is 6.23. The summed E-state index contributed by atoms with van der Waals surface area (Å²) in [5.74, 6) is -1.08. The molecule has 8 nitrogen and oxygen atoms in total. The van der Waals surface area contributed by atoms with Crippen LogP contribution in [0, 0.1) is 11.3 Å². The van der Waals surface area contributed by atoms with Crippen LogP contribution in [0.3, 0.4) is 0 Å². The molecule has 1 heterocycles. The molecule has 0 aliphatic carbocycles. The van der Waals surface area contributed by atoms with Crippen molar-refractivity contribution < 1.29 is 9.90 Å². The van der Waals surface area contributed by atoms with E-state index in [-0.39, 0.29) is 17.3 Å². The molecule has 0 aliphatic heterocycles. The van der Waals surface area contributed by atoms with Crippen molar-refractivity contribution in [2.45, 2.75) is 26.3 Å². The number of hydrogen-bond acceptors (Lipinski definition) is 6. The van der Waals surface area contributed by atoms with Crippen molar-refractivity contribution >= 4 is 47.0 Å². The highest BCUT2D eigenvalue weighted by Crippen LogP contribution is 2.22. The number of carbonyl (C=O) groups is 1. The van der Waals surface area contributed by atoms with Crippen molar-refractivity contribution in [3.8, 4) is 0 Å². The second-order valence-corrected chi connectivity index (χ2v) is 7.04. The molecule has 2 aromatic rings. The van der Waals surface area contributed by atoms with Gasteiger partial charge < -0.3 is 21.1 Å². The first-order chi connectivity index (χ1) is 13.3. The van der Waals surface area contributed by atoms with Crippen LogP contribution in [0.2, 0.25) is 10.0 Å². The van der Waals surface area contributed by atoms with E-state index in [9.17, 15) is 9.59 Å². The molecule has 0 saturated carbocycles. The van der Waals surface area contributed by atoms with E-state index in [0.29, 0.717) is 36.0 Å². The smallest absolute Gasteiger partial charge is 0.306 e. The molecule has 10 heteroatoms. The summed E-state index contributed by atoms with van der Waals surface area (Å²) in [5, 5.41) is 23.2. The Morgan fingerprint density at radius 3 is 2.75 bits per heavy atom. The minimum atomic E-state index is -0.850. The number of carboxylic acids is 1. The van der Waals surface area contributed by atoms with Crippen LogP contribution in [0.5, 0.6) is 0 Å². The number of nitrogens with one attached hydrogen (secondary N) is 4. The minimum absolute atomic E-state index is 0.179. The monoisotopic (exact) mass is 425 g/mol. The highest BCUT2D eigenvalue weighted by atomic mass is 35.5. The molecular weight excluding hydrogens is 405 g/mol. The van der Waals surface area contributed by atoms with Gasteiger partial charge in [-0.1, -0.05) is 36.2 Å². The number of aromatic amines is 1. The zero-order valence-electron chi connectivity index (χ0n) is 15.2. The van der Waals surface area contributed by atoms with Crippen molar-refractivity contribution in [3.63, 3.8) is 0 Å². The summed E-state index contributed by atoms with van der Waals surface area (Å²) in [6.45, 7) is 2.39. The summed E-state index contributed by atoms with van der Waals surface area (Å²) in [4.78, 5) is 30.0. The van der Waals surface area contributed by atoms with Gasteiger partial charge >= 0.3 is 5.97 Å². The van der Waals surface area contributed by atoms with Gasteiger partial charge in [0.2, 0.25) is 5.95 Å². The third kappa shape index (κ3) is 5.97. The van der Waals surface area contributed by atoms with E-state index in [1.165, 1.54) is 0 Å². The zero-order chi connectivity index (χ0) is 20.7. The van der Waals surface area contributed by atoms with Crippen molar-refractivity contribution in [3.05, 3.63) is 49.9 Å². The average Bonchev–Trinajstić information content (AvgIpc) is 2.66. The maximum absolute atomic E-state index is 12.3. The van der Waals surface area contributed by atoms with Gasteiger partial charge in [-0.25, -0.2) is 4.98 Å². The molecule has 0 bridgehead atoms. The predicted octanol–water partition coefficient (Wildman–Crippen LogP) is 3.60. The molecule has 1 atom stereocenters. The molecule has 0 aliphatic rings. The fourth-order valence-electron chi connectivity index (χ4n) is 2.43. The molecule has 1 aromatic heterocycles. The quantitative estimate of drug-likeness (QED) is 0.292. The largest absolute Gasteiger partial charge is 0.481 e. The lowest BCUT2D eigenvalue weighted by Crippen LogP contribution is -2.21. The molecule has 0 spiro atoms. The van der Waals surface area contributed by atoms with E-state index in [1.807, 2.05) is 0 Å². The summed E-state index contributed by atoms with van der Waals surface area (Å²) in [5.41, 5.74) is 0.796. The topological polar surface area (TPSA) is 131 Å². The van der Waals surface area contributed by atoms with Gasteiger partial charge in [0.25, 0.3) is 5.56 Å². The van der Waals surface area contributed by atoms with Crippen LogP contribution in [-0.4, -0.2) is 33.8 Å². The maximum Gasteiger partial charge on any atom is 0.306 e. The van der Waals surface area contributed by atoms with E-state index in [0.717, 1.165) is 11.8 Å². The molecule has 1 unspecified atom stereocenters. The number of aliphatic carboxylic acids is 1. The molecule has 0 amide bonds. The molecule has 1 aromatic carbocycles. The molecule has 5 N–H and O–H groups in total. The molecular formula is C18H21Cl2N5O3. The Balaban J connectivity index is 2.01. The van der Waals surface area contributed by atoms with Crippen LogP contribution in [0.4, 0.5) is 11.6 Å². The fraction of sp³-hybridized carbons (Fsp3) is 0.333. The average molecular weight is 426 g/mol. The van der Waals surface area contributed by atoms with Crippen LogP contribution < -0.4 is 16.2 Å². The van der Waals surface area contributed by atoms with Crippen molar-refractivity contribution in [2.75, 3.05) is 17.2 Å². The minimum Gasteiger partial charge on any atom is -0.481 e. The van der Waals surface area contributed by atoms with E-state index in [2.05, 4.69) is 20.6 Å². The summed E-state index contributed by atoms with van der Waals surface area (Å²) in [7, 11) is 0. The molecule has 28 heavy (non-hydrogen) atoms. The fourth-order valence-corrected chi connectivity index (χ4v) is 2.75.